The minimum Gasteiger partial charge on any atom is -0.497 e. The van der Waals surface area contributed by atoms with Crippen molar-refractivity contribution in [1.82, 2.24) is 9.80 Å². The summed E-state index contributed by atoms with van der Waals surface area (Å²) in [4.78, 5) is 28.5. The van der Waals surface area contributed by atoms with Crippen LogP contribution in [-0.4, -0.2) is 54.9 Å². The first kappa shape index (κ1) is 19.6. The van der Waals surface area contributed by atoms with Gasteiger partial charge in [0.2, 0.25) is 11.8 Å². The minimum atomic E-state index is 0.0509. The molecule has 0 aliphatic carbocycles. The molecule has 1 aliphatic heterocycles. The second-order valence-corrected chi connectivity index (χ2v) is 6.76. The van der Waals surface area contributed by atoms with E-state index in [2.05, 4.69) is 6.92 Å². The molecule has 25 heavy (non-hydrogen) atoms. The van der Waals surface area contributed by atoms with Crippen LogP contribution in [0.3, 0.4) is 0 Å². The smallest absolute Gasteiger partial charge is 0.227 e. The predicted molar refractivity (Wildman–Crippen MR) is 99.0 cm³/mol. The maximum Gasteiger partial charge on any atom is 0.227 e. The number of hydrogen-bond acceptors (Lipinski definition) is 3. The van der Waals surface area contributed by atoms with Gasteiger partial charge in [-0.05, 0) is 30.5 Å². The van der Waals surface area contributed by atoms with E-state index in [4.69, 9.17) is 16.3 Å². The Labute approximate surface area is 154 Å². The number of nitrogens with zero attached hydrogens (tertiary/aromatic N) is 2. The van der Waals surface area contributed by atoms with E-state index in [9.17, 15) is 9.59 Å². The number of hydrogen-bond donors (Lipinski definition) is 0. The number of benzene rings is 1. The van der Waals surface area contributed by atoms with E-state index < -0.39 is 0 Å². The minimum absolute atomic E-state index is 0.0509. The summed E-state index contributed by atoms with van der Waals surface area (Å²) in [5, 5.41) is 0.541. The van der Waals surface area contributed by atoms with Crippen molar-refractivity contribution in [2.45, 2.75) is 39.0 Å². The van der Waals surface area contributed by atoms with Crippen LogP contribution in [0.25, 0.3) is 0 Å². The molecule has 0 spiro atoms. The molecular weight excluding hydrogens is 340 g/mol. The van der Waals surface area contributed by atoms with Crippen molar-refractivity contribution < 1.29 is 14.3 Å². The van der Waals surface area contributed by atoms with Gasteiger partial charge in [-0.25, -0.2) is 0 Å². The third-order valence-corrected chi connectivity index (χ3v) is 4.90. The van der Waals surface area contributed by atoms with Gasteiger partial charge >= 0.3 is 0 Å². The molecule has 2 rings (SSSR count). The van der Waals surface area contributed by atoms with E-state index in [1.807, 2.05) is 21.9 Å². The Hall–Kier alpha value is -1.75. The SMILES string of the molecule is CCCCC(=O)N1CCCN(C(=O)Cc2ccc(OC)cc2Cl)CC1. The zero-order chi connectivity index (χ0) is 18.2. The lowest BCUT2D eigenvalue weighted by Gasteiger charge is -2.22. The number of halogens is 1. The van der Waals surface area contributed by atoms with Crippen molar-refractivity contribution in [2.24, 2.45) is 0 Å². The van der Waals surface area contributed by atoms with Crippen molar-refractivity contribution in [3.8, 4) is 5.75 Å². The molecule has 138 valence electrons. The molecule has 0 aromatic heterocycles. The molecule has 1 aliphatic rings. The lowest BCUT2D eigenvalue weighted by molar-refractivity contribution is -0.133. The van der Waals surface area contributed by atoms with Gasteiger partial charge in [-0.1, -0.05) is 31.0 Å². The van der Waals surface area contributed by atoms with Crippen molar-refractivity contribution in [3.63, 3.8) is 0 Å². The molecule has 1 fully saturated rings. The Morgan fingerprint density at radius 3 is 2.40 bits per heavy atom. The fraction of sp³-hybridized carbons (Fsp3) is 0.579. The molecule has 0 saturated carbocycles. The molecule has 5 nitrogen and oxygen atoms in total. The fourth-order valence-corrected chi connectivity index (χ4v) is 3.21. The van der Waals surface area contributed by atoms with Gasteiger partial charge in [-0.3, -0.25) is 9.59 Å². The van der Waals surface area contributed by atoms with E-state index in [-0.39, 0.29) is 18.2 Å². The number of carbonyl (C=O) groups is 2. The van der Waals surface area contributed by atoms with Gasteiger partial charge < -0.3 is 14.5 Å². The van der Waals surface area contributed by atoms with Crippen LogP contribution in [0.2, 0.25) is 5.02 Å². The summed E-state index contributed by atoms with van der Waals surface area (Å²) in [6.07, 6.45) is 3.64. The molecule has 1 aromatic carbocycles. The topological polar surface area (TPSA) is 49.9 Å². The number of methoxy groups -OCH3 is 1. The van der Waals surface area contributed by atoms with Crippen LogP contribution in [0.15, 0.2) is 18.2 Å². The summed E-state index contributed by atoms with van der Waals surface area (Å²) in [6.45, 7) is 4.70. The van der Waals surface area contributed by atoms with Gasteiger partial charge in [0, 0.05) is 37.6 Å². The highest BCUT2D eigenvalue weighted by Crippen LogP contribution is 2.23. The third-order valence-electron chi connectivity index (χ3n) is 4.55. The molecule has 0 atom stereocenters. The Morgan fingerprint density at radius 2 is 1.80 bits per heavy atom. The van der Waals surface area contributed by atoms with Gasteiger partial charge in [0.1, 0.15) is 5.75 Å². The molecule has 0 N–H and O–H groups in total. The molecule has 2 amide bonds. The maximum atomic E-state index is 12.6. The van der Waals surface area contributed by atoms with Crippen molar-refractivity contribution in [1.29, 1.82) is 0 Å². The standard InChI is InChI=1S/C19H27ClN2O3/c1-3-4-6-18(23)21-9-5-10-22(12-11-21)19(24)13-15-7-8-16(25-2)14-17(15)20/h7-8,14H,3-6,9-13H2,1-2H3. The summed E-state index contributed by atoms with van der Waals surface area (Å²) in [5.74, 6) is 0.932. The second kappa shape index (κ2) is 9.66. The number of amides is 2. The number of rotatable bonds is 6. The Bertz CT molecular complexity index is 606. The van der Waals surface area contributed by atoms with E-state index in [0.717, 1.165) is 31.4 Å². The molecule has 0 unspecified atom stereocenters. The van der Waals surface area contributed by atoms with Gasteiger partial charge in [0.25, 0.3) is 0 Å². The molecule has 6 heteroatoms. The number of ether oxygens (including phenoxy) is 1. The number of unbranched alkanes of at least 4 members (excludes halogenated alkanes) is 1. The van der Waals surface area contributed by atoms with Crippen LogP contribution in [0, 0.1) is 0 Å². The normalized spacial score (nSPS) is 15.0. The van der Waals surface area contributed by atoms with Gasteiger partial charge in [-0.2, -0.15) is 0 Å². The van der Waals surface area contributed by atoms with Crippen LogP contribution in [0.5, 0.6) is 5.75 Å². The van der Waals surface area contributed by atoms with Crippen LogP contribution < -0.4 is 4.74 Å². The Morgan fingerprint density at radius 1 is 1.12 bits per heavy atom. The van der Waals surface area contributed by atoms with Crippen molar-refractivity contribution >= 4 is 23.4 Å². The number of carbonyl (C=O) groups excluding carboxylic acids is 2. The lowest BCUT2D eigenvalue weighted by Crippen LogP contribution is -2.37. The largest absolute Gasteiger partial charge is 0.497 e. The zero-order valence-electron chi connectivity index (χ0n) is 15.1. The highest BCUT2D eigenvalue weighted by atomic mass is 35.5. The van der Waals surface area contributed by atoms with Gasteiger partial charge in [-0.15, -0.1) is 0 Å². The summed E-state index contributed by atoms with van der Waals surface area (Å²) in [7, 11) is 1.58. The molecule has 1 heterocycles. The summed E-state index contributed by atoms with van der Waals surface area (Å²) < 4.78 is 5.13. The Balaban J connectivity index is 1.91. The summed E-state index contributed by atoms with van der Waals surface area (Å²) in [5.41, 5.74) is 0.799. The highest BCUT2D eigenvalue weighted by Gasteiger charge is 2.22. The van der Waals surface area contributed by atoms with Crippen LogP contribution in [0.4, 0.5) is 0 Å². The van der Waals surface area contributed by atoms with Gasteiger partial charge in [0.15, 0.2) is 0 Å². The quantitative estimate of drug-likeness (QED) is 0.777. The van der Waals surface area contributed by atoms with Crippen LogP contribution in [0.1, 0.15) is 38.2 Å². The summed E-state index contributed by atoms with van der Waals surface area (Å²) >= 11 is 6.23. The first-order valence-corrected chi connectivity index (χ1v) is 9.31. The van der Waals surface area contributed by atoms with E-state index in [1.165, 1.54) is 0 Å². The van der Waals surface area contributed by atoms with E-state index in [1.54, 1.807) is 13.2 Å². The molecule has 1 aromatic rings. The maximum absolute atomic E-state index is 12.6. The highest BCUT2D eigenvalue weighted by molar-refractivity contribution is 6.31. The molecule has 1 saturated heterocycles. The molecule has 0 radical (unpaired) electrons. The predicted octanol–water partition coefficient (Wildman–Crippen LogP) is 3.14. The first-order valence-electron chi connectivity index (χ1n) is 8.93. The van der Waals surface area contributed by atoms with Crippen molar-refractivity contribution in [2.75, 3.05) is 33.3 Å². The average Bonchev–Trinajstić information content (AvgIpc) is 2.87. The lowest BCUT2D eigenvalue weighted by atomic mass is 10.1. The van der Waals surface area contributed by atoms with E-state index in [0.29, 0.717) is 36.8 Å². The summed E-state index contributed by atoms with van der Waals surface area (Å²) in [6, 6.07) is 5.36. The molecular formula is C19H27ClN2O3. The third kappa shape index (κ3) is 5.63. The van der Waals surface area contributed by atoms with Crippen LogP contribution >= 0.6 is 11.6 Å². The van der Waals surface area contributed by atoms with Gasteiger partial charge in [0.05, 0.1) is 13.5 Å². The Kier molecular flexibility index (Phi) is 7.56. The van der Waals surface area contributed by atoms with Crippen LogP contribution in [-0.2, 0) is 16.0 Å². The average molecular weight is 367 g/mol. The fourth-order valence-electron chi connectivity index (χ4n) is 2.98. The monoisotopic (exact) mass is 366 g/mol. The van der Waals surface area contributed by atoms with E-state index >= 15 is 0 Å². The first-order chi connectivity index (χ1) is 12.0. The van der Waals surface area contributed by atoms with Crippen molar-refractivity contribution in [3.05, 3.63) is 28.8 Å². The zero-order valence-corrected chi connectivity index (χ0v) is 15.8. The molecule has 0 bridgehead atoms. The second-order valence-electron chi connectivity index (χ2n) is 6.35.